The van der Waals surface area contributed by atoms with Crippen molar-refractivity contribution in [2.24, 2.45) is 5.41 Å². The highest BCUT2D eigenvalue weighted by atomic mass is 32.1. The van der Waals surface area contributed by atoms with Gasteiger partial charge in [0, 0.05) is 23.0 Å². The second-order valence-corrected chi connectivity index (χ2v) is 8.09. The second-order valence-electron chi connectivity index (χ2n) is 7.24. The van der Waals surface area contributed by atoms with Crippen LogP contribution in [-0.4, -0.2) is 23.3 Å². The van der Waals surface area contributed by atoms with Crippen LogP contribution in [0.2, 0.25) is 0 Å². The Morgan fingerprint density at radius 3 is 2.85 bits per heavy atom. The number of rotatable bonds is 3. The van der Waals surface area contributed by atoms with Gasteiger partial charge in [0.25, 0.3) is 0 Å². The lowest BCUT2D eigenvalue weighted by molar-refractivity contribution is -0.123. The summed E-state index contributed by atoms with van der Waals surface area (Å²) in [7, 11) is 0. The third-order valence-corrected chi connectivity index (χ3v) is 5.04. The highest BCUT2D eigenvalue weighted by Crippen LogP contribution is 2.31. The van der Waals surface area contributed by atoms with E-state index < -0.39 is 5.41 Å². The molecular weight excluding hydrogens is 348 g/mol. The van der Waals surface area contributed by atoms with Gasteiger partial charge in [0.15, 0.2) is 5.13 Å². The number of nitrogens with zero attached hydrogens (tertiary/aromatic N) is 3. The number of carbonyl (C=O) groups is 2. The van der Waals surface area contributed by atoms with Gasteiger partial charge in [-0.25, -0.2) is 4.98 Å². The van der Waals surface area contributed by atoms with Crippen molar-refractivity contribution in [3.63, 3.8) is 0 Å². The normalized spacial score (nSPS) is 13.2. The van der Waals surface area contributed by atoms with Crippen LogP contribution in [0.3, 0.4) is 0 Å². The van der Waals surface area contributed by atoms with Crippen molar-refractivity contribution in [1.82, 2.24) is 4.98 Å². The molecule has 0 spiro atoms. The van der Waals surface area contributed by atoms with Gasteiger partial charge in [-0.15, -0.1) is 11.3 Å². The van der Waals surface area contributed by atoms with Crippen LogP contribution >= 0.6 is 11.3 Å². The van der Waals surface area contributed by atoms with E-state index in [1.165, 1.54) is 11.3 Å². The van der Waals surface area contributed by atoms with E-state index in [4.69, 9.17) is 0 Å². The predicted octanol–water partition coefficient (Wildman–Crippen LogP) is 3.13. The lowest BCUT2D eigenvalue weighted by Gasteiger charge is -2.17. The number of nitrogens with one attached hydrogen (secondary N) is 1. The molecule has 7 heteroatoms. The summed E-state index contributed by atoms with van der Waals surface area (Å²) in [4.78, 5) is 30.8. The molecule has 0 saturated carbocycles. The maximum absolute atomic E-state index is 12.7. The van der Waals surface area contributed by atoms with Crippen LogP contribution in [0.5, 0.6) is 0 Å². The topological polar surface area (TPSA) is 86.1 Å². The molecule has 0 fully saturated rings. The van der Waals surface area contributed by atoms with Crippen molar-refractivity contribution in [3.8, 4) is 6.07 Å². The Labute approximate surface area is 156 Å². The number of carbonyl (C=O) groups excluding carboxylic acids is 2. The van der Waals surface area contributed by atoms with Crippen molar-refractivity contribution in [3.05, 3.63) is 40.4 Å². The zero-order valence-corrected chi connectivity index (χ0v) is 15.8. The van der Waals surface area contributed by atoms with Gasteiger partial charge in [0.1, 0.15) is 0 Å². The summed E-state index contributed by atoms with van der Waals surface area (Å²) < 4.78 is 0. The number of anilines is 2. The van der Waals surface area contributed by atoms with Gasteiger partial charge in [0.05, 0.1) is 23.7 Å². The molecule has 0 unspecified atom stereocenters. The van der Waals surface area contributed by atoms with E-state index in [2.05, 4.69) is 16.4 Å². The van der Waals surface area contributed by atoms with Crippen LogP contribution in [-0.2, 0) is 22.4 Å². The van der Waals surface area contributed by atoms with E-state index in [0.717, 1.165) is 11.3 Å². The Hall–Kier alpha value is -2.72. The van der Waals surface area contributed by atoms with Crippen molar-refractivity contribution < 1.29 is 9.59 Å². The minimum atomic E-state index is -0.501. The zero-order chi connectivity index (χ0) is 18.9. The Balaban J connectivity index is 1.70. The fourth-order valence-electron chi connectivity index (χ4n) is 2.78. The average Bonchev–Trinajstić information content (AvgIpc) is 3.20. The molecule has 0 saturated heterocycles. The first-order valence-electron chi connectivity index (χ1n) is 8.38. The molecule has 1 aromatic heterocycles. The molecule has 0 aliphatic carbocycles. The minimum absolute atomic E-state index is 0.0576. The highest BCUT2D eigenvalue weighted by molar-refractivity contribution is 7.13. The number of benzene rings is 1. The summed E-state index contributed by atoms with van der Waals surface area (Å²) in [5, 5.41) is 14.3. The summed E-state index contributed by atoms with van der Waals surface area (Å²) in [5.74, 6) is -0.167. The molecule has 6 nitrogen and oxygen atoms in total. The Kier molecular flexibility index (Phi) is 4.79. The van der Waals surface area contributed by atoms with E-state index in [1.807, 2.05) is 26.8 Å². The lowest BCUT2D eigenvalue weighted by Crippen LogP contribution is -2.30. The first-order chi connectivity index (χ1) is 12.3. The van der Waals surface area contributed by atoms with Crippen LogP contribution in [0.1, 0.15) is 37.6 Å². The quantitative estimate of drug-likeness (QED) is 0.902. The summed E-state index contributed by atoms with van der Waals surface area (Å²) in [6, 6.07) is 7.63. The van der Waals surface area contributed by atoms with Gasteiger partial charge >= 0.3 is 0 Å². The molecule has 0 radical (unpaired) electrons. The van der Waals surface area contributed by atoms with Crippen LogP contribution in [0, 0.1) is 16.7 Å². The van der Waals surface area contributed by atoms with Crippen molar-refractivity contribution in [2.75, 3.05) is 16.8 Å². The molecule has 1 aliphatic rings. The van der Waals surface area contributed by atoms with Gasteiger partial charge in [-0.3, -0.25) is 9.59 Å². The van der Waals surface area contributed by atoms with Crippen LogP contribution in [0.4, 0.5) is 10.8 Å². The third kappa shape index (κ3) is 3.60. The monoisotopic (exact) mass is 368 g/mol. The molecule has 0 atom stereocenters. The maximum Gasteiger partial charge on any atom is 0.233 e. The molecule has 2 amide bonds. The SMILES string of the molecule is CC(C)(C)C(=O)Nc1nc(CC(=O)N2CCc3c(C#N)cccc32)cs1. The summed E-state index contributed by atoms with van der Waals surface area (Å²) in [6.07, 6.45) is 0.854. The van der Waals surface area contributed by atoms with Gasteiger partial charge in [-0.1, -0.05) is 26.8 Å². The second kappa shape index (κ2) is 6.89. The van der Waals surface area contributed by atoms with E-state index in [-0.39, 0.29) is 18.2 Å². The molecule has 1 N–H and O–H groups in total. The lowest BCUT2D eigenvalue weighted by atomic mass is 9.96. The number of thiazole rings is 1. The number of amides is 2. The minimum Gasteiger partial charge on any atom is -0.311 e. The number of hydrogen-bond acceptors (Lipinski definition) is 5. The summed E-state index contributed by atoms with van der Waals surface area (Å²) in [5.41, 5.74) is 2.50. The number of aromatic nitrogens is 1. The molecular formula is C19H20N4O2S. The first kappa shape index (κ1) is 18.1. The van der Waals surface area contributed by atoms with Crippen LogP contribution in [0.15, 0.2) is 23.6 Å². The van der Waals surface area contributed by atoms with Gasteiger partial charge in [-0.05, 0) is 24.1 Å². The number of hydrogen-bond donors (Lipinski definition) is 1. The van der Waals surface area contributed by atoms with E-state index in [0.29, 0.717) is 29.4 Å². The predicted molar refractivity (Wildman–Crippen MR) is 101 cm³/mol. The molecule has 2 aromatic rings. The Bertz CT molecular complexity index is 905. The fourth-order valence-corrected chi connectivity index (χ4v) is 3.48. The largest absolute Gasteiger partial charge is 0.311 e. The smallest absolute Gasteiger partial charge is 0.233 e. The van der Waals surface area contributed by atoms with Crippen molar-refractivity contribution >= 4 is 34.0 Å². The third-order valence-electron chi connectivity index (χ3n) is 4.23. The number of nitriles is 1. The standard InChI is InChI=1S/C19H20N4O2S/c1-19(2,3)17(25)22-18-21-13(11-26-18)9-16(24)23-8-7-14-12(10-20)5-4-6-15(14)23/h4-6,11H,7-9H2,1-3H3,(H,21,22,25). The number of fused-ring (bicyclic) bond motifs is 1. The van der Waals surface area contributed by atoms with Crippen LogP contribution in [0.25, 0.3) is 0 Å². The Morgan fingerprint density at radius 1 is 1.38 bits per heavy atom. The molecule has 1 aromatic carbocycles. The van der Waals surface area contributed by atoms with Crippen molar-refractivity contribution in [2.45, 2.75) is 33.6 Å². The molecule has 134 valence electrons. The van der Waals surface area contributed by atoms with E-state index in [1.54, 1.807) is 22.4 Å². The molecule has 3 rings (SSSR count). The molecule has 1 aliphatic heterocycles. The summed E-state index contributed by atoms with van der Waals surface area (Å²) >= 11 is 1.31. The van der Waals surface area contributed by atoms with E-state index >= 15 is 0 Å². The van der Waals surface area contributed by atoms with Gasteiger partial charge in [-0.2, -0.15) is 5.26 Å². The van der Waals surface area contributed by atoms with Gasteiger partial charge < -0.3 is 10.2 Å². The van der Waals surface area contributed by atoms with E-state index in [9.17, 15) is 14.9 Å². The zero-order valence-electron chi connectivity index (χ0n) is 15.0. The Morgan fingerprint density at radius 2 is 2.15 bits per heavy atom. The van der Waals surface area contributed by atoms with Crippen molar-refractivity contribution in [1.29, 1.82) is 5.26 Å². The van der Waals surface area contributed by atoms with Gasteiger partial charge in [0.2, 0.25) is 11.8 Å². The highest BCUT2D eigenvalue weighted by Gasteiger charge is 2.27. The fraction of sp³-hybridized carbons (Fsp3) is 0.368. The molecule has 2 heterocycles. The molecule has 0 bridgehead atoms. The summed E-state index contributed by atoms with van der Waals surface area (Å²) in [6.45, 7) is 6.08. The van der Waals surface area contributed by atoms with Crippen LogP contribution < -0.4 is 10.2 Å². The first-order valence-corrected chi connectivity index (χ1v) is 9.26. The average molecular weight is 368 g/mol. The maximum atomic E-state index is 12.7. The molecule has 26 heavy (non-hydrogen) atoms.